The Bertz CT molecular complexity index is 772. The fourth-order valence-corrected chi connectivity index (χ4v) is 4.46. The van der Waals surface area contributed by atoms with Gasteiger partial charge in [0.15, 0.2) is 5.96 Å². The normalized spacial score (nSPS) is 21.9. The van der Waals surface area contributed by atoms with Gasteiger partial charge in [0.2, 0.25) is 5.89 Å². The minimum Gasteiger partial charge on any atom is -0.444 e. The number of rotatable bonds is 4. The summed E-state index contributed by atoms with van der Waals surface area (Å²) in [5.41, 5.74) is 3.24. The molecule has 2 unspecified atom stereocenters. The van der Waals surface area contributed by atoms with E-state index in [1.807, 2.05) is 7.05 Å². The Kier molecular flexibility index (Phi) is 7.37. The molecule has 2 heterocycles. The van der Waals surface area contributed by atoms with Crippen molar-refractivity contribution in [2.45, 2.75) is 39.0 Å². The molecule has 1 saturated heterocycles. The quantitative estimate of drug-likeness (QED) is 0.386. The summed E-state index contributed by atoms with van der Waals surface area (Å²) in [4.78, 5) is 11.6. The van der Waals surface area contributed by atoms with Crippen molar-refractivity contribution < 1.29 is 4.42 Å². The van der Waals surface area contributed by atoms with E-state index in [1.165, 1.54) is 31.2 Å². The van der Waals surface area contributed by atoms with Crippen LogP contribution in [0, 0.1) is 18.8 Å². The molecule has 2 atom stereocenters. The highest BCUT2D eigenvalue weighted by Crippen LogP contribution is 2.35. The van der Waals surface area contributed by atoms with Crippen molar-refractivity contribution in [1.82, 2.24) is 15.2 Å². The molecule has 2 aromatic rings. The van der Waals surface area contributed by atoms with E-state index in [2.05, 4.69) is 51.4 Å². The van der Waals surface area contributed by atoms with Gasteiger partial charge in [-0.1, -0.05) is 30.5 Å². The summed E-state index contributed by atoms with van der Waals surface area (Å²) in [5, 5.41) is 3.52. The third-order valence-corrected chi connectivity index (χ3v) is 6.00. The van der Waals surface area contributed by atoms with Gasteiger partial charge in [0.1, 0.15) is 6.26 Å². The molecule has 2 aliphatic rings. The average molecular weight is 494 g/mol. The van der Waals surface area contributed by atoms with Crippen LogP contribution in [0.15, 0.2) is 39.9 Å². The first-order valence-electron chi connectivity index (χ1n) is 10.2. The molecular formula is C22H31IN4O. The molecule has 152 valence electrons. The second kappa shape index (κ2) is 9.76. The number of fused-ring (bicyclic) bond motifs is 1. The van der Waals surface area contributed by atoms with Gasteiger partial charge >= 0.3 is 0 Å². The number of hydrogen-bond acceptors (Lipinski definition) is 3. The van der Waals surface area contributed by atoms with Crippen molar-refractivity contribution in [3.05, 3.63) is 41.8 Å². The van der Waals surface area contributed by atoms with Gasteiger partial charge in [-0.3, -0.25) is 4.99 Å². The van der Waals surface area contributed by atoms with Crippen LogP contribution in [0.3, 0.4) is 0 Å². The Labute approximate surface area is 185 Å². The number of likely N-dealkylation sites (tertiary alicyclic amines) is 1. The Morgan fingerprint density at radius 2 is 1.86 bits per heavy atom. The molecule has 28 heavy (non-hydrogen) atoms. The van der Waals surface area contributed by atoms with Crippen molar-refractivity contribution in [3.8, 4) is 11.5 Å². The van der Waals surface area contributed by atoms with E-state index in [0.29, 0.717) is 5.89 Å². The predicted octanol–water partition coefficient (Wildman–Crippen LogP) is 4.51. The highest BCUT2D eigenvalue weighted by atomic mass is 127. The second-order valence-corrected chi connectivity index (χ2v) is 7.94. The van der Waals surface area contributed by atoms with E-state index in [9.17, 15) is 0 Å². The Balaban J connectivity index is 0.00000225. The largest absolute Gasteiger partial charge is 0.444 e. The lowest BCUT2D eigenvalue weighted by atomic mass is 9.82. The number of aryl methyl sites for hydroxylation is 1. The van der Waals surface area contributed by atoms with E-state index in [0.717, 1.165) is 55.1 Å². The first-order valence-corrected chi connectivity index (χ1v) is 10.2. The van der Waals surface area contributed by atoms with Gasteiger partial charge in [-0.2, -0.15) is 0 Å². The third kappa shape index (κ3) is 4.88. The molecule has 0 spiro atoms. The summed E-state index contributed by atoms with van der Waals surface area (Å²) in [5.74, 6) is 3.46. The highest BCUT2D eigenvalue weighted by Gasteiger charge is 2.35. The number of guanidine groups is 1. The first kappa shape index (κ1) is 21.1. The number of aromatic nitrogens is 1. The topological polar surface area (TPSA) is 53.7 Å². The summed E-state index contributed by atoms with van der Waals surface area (Å²) >= 11 is 0. The SMILES string of the molecule is CN=C(NCCc1coc(-c2ccc(C)cc2)n1)N1CC2CCCCC2C1.I. The van der Waals surface area contributed by atoms with Crippen LogP contribution in [-0.2, 0) is 6.42 Å². The zero-order valence-electron chi connectivity index (χ0n) is 16.9. The van der Waals surface area contributed by atoms with Crippen LogP contribution in [0.1, 0.15) is 36.9 Å². The van der Waals surface area contributed by atoms with E-state index in [-0.39, 0.29) is 24.0 Å². The molecule has 1 aliphatic carbocycles. The zero-order valence-corrected chi connectivity index (χ0v) is 19.2. The van der Waals surface area contributed by atoms with Gasteiger partial charge in [0.25, 0.3) is 0 Å². The van der Waals surface area contributed by atoms with Crippen LogP contribution in [0.5, 0.6) is 0 Å². The molecule has 6 heteroatoms. The Morgan fingerprint density at radius 1 is 1.18 bits per heavy atom. The number of nitrogens with one attached hydrogen (secondary N) is 1. The van der Waals surface area contributed by atoms with Gasteiger partial charge in [0, 0.05) is 38.7 Å². The third-order valence-electron chi connectivity index (χ3n) is 6.00. The highest BCUT2D eigenvalue weighted by molar-refractivity contribution is 14.0. The summed E-state index contributed by atoms with van der Waals surface area (Å²) < 4.78 is 5.66. The molecule has 0 bridgehead atoms. The van der Waals surface area contributed by atoms with Crippen LogP contribution < -0.4 is 5.32 Å². The van der Waals surface area contributed by atoms with Gasteiger partial charge in [-0.25, -0.2) is 4.98 Å². The van der Waals surface area contributed by atoms with Gasteiger partial charge in [-0.15, -0.1) is 24.0 Å². The number of aliphatic imine (C=N–C) groups is 1. The minimum absolute atomic E-state index is 0. The summed E-state index contributed by atoms with van der Waals surface area (Å²) in [6.45, 7) is 5.22. The molecule has 1 aliphatic heterocycles. The monoisotopic (exact) mass is 494 g/mol. The van der Waals surface area contributed by atoms with Crippen LogP contribution in [0.25, 0.3) is 11.5 Å². The summed E-state index contributed by atoms with van der Waals surface area (Å²) in [6.07, 6.45) is 8.17. The van der Waals surface area contributed by atoms with Crippen LogP contribution in [0.4, 0.5) is 0 Å². The maximum absolute atomic E-state index is 5.66. The lowest BCUT2D eigenvalue weighted by Crippen LogP contribution is -2.41. The molecule has 1 aromatic heterocycles. The van der Waals surface area contributed by atoms with Crippen LogP contribution in [-0.4, -0.2) is 42.5 Å². The summed E-state index contributed by atoms with van der Waals surface area (Å²) in [6, 6.07) is 8.27. The van der Waals surface area contributed by atoms with Crippen LogP contribution in [0.2, 0.25) is 0 Å². The van der Waals surface area contributed by atoms with Crippen molar-refractivity contribution in [2.75, 3.05) is 26.7 Å². The molecular weight excluding hydrogens is 463 g/mol. The van der Waals surface area contributed by atoms with Crippen molar-refractivity contribution >= 4 is 29.9 Å². The zero-order chi connectivity index (χ0) is 18.6. The van der Waals surface area contributed by atoms with E-state index >= 15 is 0 Å². The number of benzene rings is 1. The Hall–Kier alpha value is -1.57. The minimum atomic E-state index is 0. The second-order valence-electron chi connectivity index (χ2n) is 7.94. The molecule has 5 nitrogen and oxygen atoms in total. The first-order chi connectivity index (χ1) is 13.2. The molecule has 0 amide bonds. The molecule has 1 aromatic carbocycles. The summed E-state index contributed by atoms with van der Waals surface area (Å²) in [7, 11) is 1.88. The van der Waals surface area contributed by atoms with Gasteiger partial charge < -0.3 is 14.6 Å². The predicted molar refractivity (Wildman–Crippen MR) is 124 cm³/mol. The van der Waals surface area contributed by atoms with Crippen LogP contribution >= 0.6 is 24.0 Å². The lowest BCUT2D eigenvalue weighted by molar-refractivity contribution is 0.299. The van der Waals surface area contributed by atoms with E-state index in [1.54, 1.807) is 6.26 Å². The molecule has 1 saturated carbocycles. The molecule has 1 N–H and O–H groups in total. The number of halogens is 1. The maximum Gasteiger partial charge on any atom is 0.226 e. The number of hydrogen-bond donors (Lipinski definition) is 1. The molecule has 4 rings (SSSR count). The number of nitrogens with zero attached hydrogens (tertiary/aromatic N) is 3. The van der Waals surface area contributed by atoms with Crippen molar-refractivity contribution in [1.29, 1.82) is 0 Å². The molecule has 2 fully saturated rings. The fraction of sp³-hybridized carbons (Fsp3) is 0.545. The van der Waals surface area contributed by atoms with E-state index < -0.39 is 0 Å². The standard InChI is InChI=1S/C22H30N4O.HI/c1-16-7-9-17(10-8-16)21-25-20(15-27-21)11-12-24-22(23-2)26-13-18-5-3-4-6-19(18)14-26;/h7-10,15,18-19H,3-6,11-14H2,1-2H3,(H,23,24);1H. The van der Waals surface area contributed by atoms with Crippen molar-refractivity contribution in [3.63, 3.8) is 0 Å². The van der Waals surface area contributed by atoms with E-state index in [4.69, 9.17) is 4.42 Å². The lowest BCUT2D eigenvalue weighted by Gasteiger charge is -2.22. The van der Waals surface area contributed by atoms with Gasteiger partial charge in [-0.05, 0) is 43.7 Å². The molecule has 0 radical (unpaired) electrons. The number of oxazole rings is 1. The van der Waals surface area contributed by atoms with Gasteiger partial charge in [0.05, 0.1) is 5.69 Å². The smallest absolute Gasteiger partial charge is 0.226 e. The fourth-order valence-electron chi connectivity index (χ4n) is 4.46. The maximum atomic E-state index is 5.66. The average Bonchev–Trinajstić information content (AvgIpc) is 3.33. The van der Waals surface area contributed by atoms with Crippen molar-refractivity contribution in [2.24, 2.45) is 16.8 Å². The Morgan fingerprint density at radius 3 is 2.50 bits per heavy atom.